The van der Waals surface area contributed by atoms with Gasteiger partial charge in [0.05, 0.1) is 24.9 Å². The Morgan fingerprint density at radius 1 is 1.44 bits per heavy atom. The van der Waals surface area contributed by atoms with Crippen LogP contribution in [-0.4, -0.2) is 23.3 Å². The van der Waals surface area contributed by atoms with Crippen molar-refractivity contribution in [2.24, 2.45) is 5.84 Å². The standard InChI is InChI=1S/C13H21N3O2/c1-9-6-12(7-10(2)18-9)17-8-11-4-3-5-15-13(11)16-14/h3-5,9-10,12H,6-8,14H2,1-2H3,(H,15,16). The molecular weight excluding hydrogens is 230 g/mol. The van der Waals surface area contributed by atoms with Crippen molar-refractivity contribution in [2.75, 3.05) is 5.43 Å². The molecule has 2 heterocycles. The van der Waals surface area contributed by atoms with E-state index in [9.17, 15) is 0 Å². The molecule has 18 heavy (non-hydrogen) atoms. The third-order valence-corrected chi connectivity index (χ3v) is 3.16. The summed E-state index contributed by atoms with van der Waals surface area (Å²) in [5.41, 5.74) is 3.56. The fourth-order valence-electron chi connectivity index (χ4n) is 2.37. The Morgan fingerprint density at radius 2 is 2.17 bits per heavy atom. The Bertz CT molecular complexity index is 376. The highest BCUT2D eigenvalue weighted by atomic mass is 16.5. The van der Waals surface area contributed by atoms with Gasteiger partial charge >= 0.3 is 0 Å². The zero-order valence-corrected chi connectivity index (χ0v) is 10.9. The first-order valence-corrected chi connectivity index (χ1v) is 6.36. The molecule has 2 atom stereocenters. The Hall–Kier alpha value is -1.17. The van der Waals surface area contributed by atoms with Gasteiger partial charge in [-0.3, -0.25) is 0 Å². The molecule has 0 amide bonds. The van der Waals surface area contributed by atoms with Crippen LogP contribution in [-0.2, 0) is 16.1 Å². The number of hydrogen-bond donors (Lipinski definition) is 2. The van der Waals surface area contributed by atoms with E-state index in [1.807, 2.05) is 12.1 Å². The topological polar surface area (TPSA) is 69.4 Å². The van der Waals surface area contributed by atoms with Gasteiger partial charge in [-0.2, -0.15) is 0 Å². The molecular formula is C13H21N3O2. The number of nitrogens with zero attached hydrogens (tertiary/aromatic N) is 1. The van der Waals surface area contributed by atoms with Crippen LogP contribution in [0.2, 0.25) is 0 Å². The van der Waals surface area contributed by atoms with E-state index in [0.717, 1.165) is 18.4 Å². The van der Waals surface area contributed by atoms with Crippen molar-refractivity contribution in [3.8, 4) is 0 Å². The summed E-state index contributed by atoms with van der Waals surface area (Å²) in [5.74, 6) is 6.09. The van der Waals surface area contributed by atoms with E-state index in [1.165, 1.54) is 0 Å². The molecule has 1 aliphatic rings. The molecule has 1 aromatic rings. The van der Waals surface area contributed by atoms with Crippen LogP contribution in [0, 0.1) is 0 Å². The van der Waals surface area contributed by atoms with Crippen molar-refractivity contribution in [3.63, 3.8) is 0 Å². The van der Waals surface area contributed by atoms with Crippen LogP contribution >= 0.6 is 0 Å². The number of ether oxygens (including phenoxy) is 2. The largest absolute Gasteiger partial charge is 0.375 e. The SMILES string of the molecule is CC1CC(OCc2cccnc2NN)CC(C)O1. The van der Waals surface area contributed by atoms with Gasteiger partial charge in [-0.25, -0.2) is 10.8 Å². The number of anilines is 1. The normalized spacial score (nSPS) is 28.1. The fraction of sp³-hybridized carbons (Fsp3) is 0.615. The smallest absolute Gasteiger partial charge is 0.145 e. The van der Waals surface area contributed by atoms with Gasteiger partial charge in [0.25, 0.3) is 0 Å². The lowest BCUT2D eigenvalue weighted by atomic mass is 10.0. The van der Waals surface area contributed by atoms with Crippen LogP contribution < -0.4 is 11.3 Å². The number of hydrazine groups is 1. The molecule has 5 nitrogen and oxygen atoms in total. The van der Waals surface area contributed by atoms with Crippen LogP contribution in [0.4, 0.5) is 5.82 Å². The molecule has 0 radical (unpaired) electrons. The summed E-state index contributed by atoms with van der Waals surface area (Å²) in [6, 6.07) is 3.85. The van der Waals surface area contributed by atoms with E-state index in [1.54, 1.807) is 6.20 Å². The van der Waals surface area contributed by atoms with Crippen LogP contribution in [0.3, 0.4) is 0 Å². The summed E-state index contributed by atoms with van der Waals surface area (Å²) in [6.07, 6.45) is 4.36. The minimum absolute atomic E-state index is 0.245. The first kappa shape index (κ1) is 13.3. The van der Waals surface area contributed by atoms with Gasteiger partial charge in [0.15, 0.2) is 0 Å². The maximum absolute atomic E-state index is 5.94. The van der Waals surface area contributed by atoms with Crippen molar-refractivity contribution in [1.82, 2.24) is 4.98 Å². The highest BCUT2D eigenvalue weighted by Gasteiger charge is 2.25. The molecule has 3 N–H and O–H groups in total. The molecule has 5 heteroatoms. The second-order valence-electron chi connectivity index (χ2n) is 4.82. The zero-order valence-electron chi connectivity index (χ0n) is 10.9. The number of nitrogens with two attached hydrogens (primary N) is 1. The lowest BCUT2D eigenvalue weighted by Gasteiger charge is -2.32. The van der Waals surface area contributed by atoms with Gasteiger partial charge in [0, 0.05) is 11.8 Å². The van der Waals surface area contributed by atoms with Crippen LogP contribution in [0.5, 0.6) is 0 Å². The van der Waals surface area contributed by atoms with Gasteiger partial charge in [-0.15, -0.1) is 0 Å². The molecule has 1 aliphatic heterocycles. The summed E-state index contributed by atoms with van der Waals surface area (Å²) in [4.78, 5) is 4.15. The van der Waals surface area contributed by atoms with Crippen LogP contribution in [0.15, 0.2) is 18.3 Å². The van der Waals surface area contributed by atoms with E-state index in [0.29, 0.717) is 12.4 Å². The average Bonchev–Trinajstić information content (AvgIpc) is 2.35. The van der Waals surface area contributed by atoms with Crippen LogP contribution in [0.1, 0.15) is 32.3 Å². The molecule has 0 saturated carbocycles. The Kier molecular flexibility index (Phi) is 4.52. The summed E-state index contributed by atoms with van der Waals surface area (Å²) >= 11 is 0. The Morgan fingerprint density at radius 3 is 2.83 bits per heavy atom. The van der Waals surface area contributed by atoms with Gasteiger partial charge in [-0.1, -0.05) is 6.07 Å². The van der Waals surface area contributed by atoms with Crippen molar-refractivity contribution in [3.05, 3.63) is 23.9 Å². The monoisotopic (exact) mass is 251 g/mol. The first-order chi connectivity index (χ1) is 8.69. The Labute approximate surface area is 108 Å². The lowest BCUT2D eigenvalue weighted by molar-refractivity contribution is -0.106. The second-order valence-corrected chi connectivity index (χ2v) is 4.82. The van der Waals surface area contributed by atoms with E-state index < -0.39 is 0 Å². The molecule has 1 aromatic heterocycles. The third kappa shape index (κ3) is 3.41. The number of pyridine rings is 1. The number of aromatic nitrogens is 1. The maximum atomic E-state index is 5.94. The summed E-state index contributed by atoms with van der Waals surface area (Å²) in [6.45, 7) is 4.70. The highest BCUT2D eigenvalue weighted by Crippen LogP contribution is 2.23. The molecule has 0 bridgehead atoms. The Balaban J connectivity index is 1.91. The fourth-order valence-corrected chi connectivity index (χ4v) is 2.37. The quantitative estimate of drug-likeness (QED) is 0.631. The first-order valence-electron chi connectivity index (χ1n) is 6.36. The number of nitrogens with one attached hydrogen (secondary N) is 1. The minimum atomic E-state index is 0.245. The number of rotatable bonds is 4. The molecule has 100 valence electrons. The molecule has 2 rings (SSSR count). The van der Waals surface area contributed by atoms with Crippen LogP contribution in [0.25, 0.3) is 0 Å². The van der Waals surface area contributed by atoms with Crippen molar-refractivity contribution >= 4 is 5.82 Å². The summed E-state index contributed by atoms with van der Waals surface area (Å²) in [5, 5.41) is 0. The average molecular weight is 251 g/mol. The maximum Gasteiger partial charge on any atom is 0.145 e. The van der Waals surface area contributed by atoms with Gasteiger partial charge in [-0.05, 0) is 32.8 Å². The van der Waals surface area contributed by atoms with Crippen molar-refractivity contribution in [2.45, 2.75) is 51.6 Å². The minimum Gasteiger partial charge on any atom is -0.375 e. The van der Waals surface area contributed by atoms with Crippen molar-refractivity contribution < 1.29 is 9.47 Å². The molecule has 1 fully saturated rings. The predicted octanol–water partition coefficient (Wildman–Crippen LogP) is 1.84. The molecule has 0 spiro atoms. The number of nitrogen functional groups attached to an aromatic ring is 1. The second kappa shape index (κ2) is 6.13. The predicted molar refractivity (Wildman–Crippen MR) is 69.9 cm³/mol. The lowest BCUT2D eigenvalue weighted by Crippen LogP contribution is -2.34. The zero-order chi connectivity index (χ0) is 13.0. The summed E-state index contributed by atoms with van der Waals surface area (Å²) in [7, 11) is 0. The molecule has 1 saturated heterocycles. The molecule has 2 unspecified atom stereocenters. The van der Waals surface area contributed by atoms with Gasteiger partial charge in [0.2, 0.25) is 0 Å². The number of hydrogen-bond acceptors (Lipinski definition) is 5. The van der Waals surface area contributed by atoms with Gasteiger partial charge in [0.1, 0.15) is 5.82 Å². The third-order valence-electron chi connectivity index (χ3n) is 3.16. The molecule has 0 aromatic carbocycles. The van der Waals surface area contributed by atoms with E-state index in [2.05, 4.69) is 24.3 Å². The summed E-state index contributed by atoms with van der Waals surface area (Å²) < 4.78 is 11.6. The van der Waals surface area contributed by atoms with E-state index in [4.69, 9.17) is 15.3 Å². The van der Waals surface area contributed by atoms with Crippen molar-refractivity contribution in [1.29, 1.82) is 0 Å². The van der Waals surface area contributed by atoms with Gasteiger partial charge < -0.3 is 14.9 Å². The van der Waals surface area contributed by atoms with E-state index >= 15 is 0 Å². The van der Waals surface area contributed by atoms with E-state index in [-0.39, 0.29) is 18.3 Å². The molecule has 0 aliphatic carbocycles. The highest BCUT2D eigenvalue weighted by molar-refractivity contribution is 5.41.